The molecule has 1 aromatic rings. The second-order valence-electron chi connectivity index (χ2n) is 6.55. The van der Waals surface area contributed by atoms with Gasteiger partial charge < -0.3 is 5.73 Å². The number of ketones is 1. The number of carbonyl (C=O) groups excluding carboxylic acids is 1. The molecular weight excluding hydrogens is 234 g/mol. The molecule has 2 rings (SSSR count). The van der Waals surface area contributed by atoms with Crippen LogP contribution in [0.5, 0.6) is 0 Å². The predicted octanol–water partition coefficient (Wildman–Crippen LogP) is 3.50. The average Bonchev–Trinajstić information content (AvgIpc) is 2.37. The highest BCUT2D eigenvalue weighted by molar-refractivity contribution is 5.91. The summed E-state index contributed by atoms with van der Waals surface area (Å²) in [6.07, 6.45) is 3.21. The van der Waals surface area contributed by atoms with Crippen LogP contribution in [0.25, 0.3) is 0 Å². The molecule has 2 N–H and O–H groups in total. The Hall–Kier alpha value is -1.15. The van der Waals surface area contributed by atoms with Crippen LogP contribution in [-0.2, 0) is 10.3 Å². The molecule has 3 unspecified atom stereocenters. The molecule has 0 heterocycles. The fourth-order valence-corrected chi connectivity index (χ4v) is 3.51. The van der Waals surface area contributed by atoms with E-state index in [1.165, 1.54) is 6.42 Å². The largest absolute Gasteiger partial charge is 0.315 e. The normalized spacial score (nSPS) is 30.6. The number of benzene rings is 1. The highest BCUT2D eigenvalue weighted by Crippen LogP contribution is 2.36. The summed E-state index contributed by atoms with van der Waals surface area (Å²) in [5, 5.41) is 0. The van der Waals surface area contributed by atoms with E-state index in [1.54, 1.807) is 0 Å². The first-order chi connectivity index (χ1) is 8.91. The number of Topliss-reactive ketones (excluding diaryl/α,β-unsaturated/α-hetero) is 1. The van der Waals surface area contributed by atoms with Crippen LogP contribution in [0.4, 0.5) is 0 Å². The van der Waals surface area contributed by atoms with Crippen LogP contribution in [0.3, 0.4) is 0 Å². The third-order valence-electron chi connectivity index (χ3n) is 4.43. The van der Waals surface area contributed by atoms with Gasteiger partial charge in [0.1, 0.15) is 0 Å². The molecule has 0 radical (unpaired) electrons. The Labute approximate surface area is 116 Å². The summed E-state index contributed by atoms with van der Waals surface area (Å²) in [6.45, 7) is 6.34. The summed E-state index contributed by atoms with van der Waals surface area (Å²) in [4.78, 5) is 12.8. The van der Waals surface area contributed by atoms with Gasteiger partial charge in [0, 0.05) is 5.92 Å². The number of hydrogen-bond acceptors (Lipinski definition) is 2. The van der Waals surface area contributed by atoms with Gasteiger partial charge in [-0.05, 0) is 43.6 Å². The summed E-state index contributed by atoms with van der Waals surface area (Å²) in [6, 6.07) is 9.75. The first-order valence-corrected chi connectivity index (χ1v) is 7.30. The maximum atomic E-state index is 12.8. The quantitative estimate of drug-likeness (QED) is 0.902. The summed E-state index contributed by atoms with van der Waals surface area (Å²) in [7, 11) is 0. The lowest BCUT2D eigenvalue weighted by atomic mass is 9.70. The SMILES string of the molecule is CC1CC(C)CC(C(=O)C(C)(N)c2ccccc2)C1. The highest BCUT2D eigenvalue weighted by atomic mass is 16.1. The van der Waals surface area contributed by atoms with Crippen molar-refractivity contribution in [1.29, 1.82) is 0 Å². The van der Waals surface area contributed by atoms with Gasteiger partial charge in [-0.1, -0.05) is 44.2 Å². The summed E-state index contributed by atoms with van der Waals surface area (Å²) in [5.74, 6) is 1.58. The van der Waals surface area contributed by atoms with Crippen molar-refractivity contribution in [1.82, 2.24) is 0 Å². The zero-order valence-electron chi connectivity index (χ0n) is 12.2. The molecule has 1 fully saturated rings. The van der Waals surface area contributed by atoms with E-state index in [0.717, 1.165) is 18.4 Å². The van der Waals surface area contributed by atoms with Crippen molar-refractivity contribution < 1.29 is 4.79 Å². The van der Waals surface area contributed by atoms with Crippen LogP contribution in [0, 0.1) is 17.8 Å². The zero-order chi connectivity index (χ0) is 14.0. The van der Waals surface area contributed by atoms with E-state index in [0.29, 0.717) is 11.8 Å². The lowest BCUT2D eigenvalue weighted by Gasteiger charge is -2.35. The minimum atomic E-state index is -0.858. The highest BCUT2D eigenvalue weighted by Gasteiger charge is 2.38. The lowest BCUT2D eigenvalue weighted by molar-refractivity contribution is -0.130. The maximum Gasteiger partial charge on any atom is 0.159 e. The van der Waals surface area contributed by atoms with Crippen LogP contribution in [0.2, 0.25) is 0 Å². The third-order valence-corrected chi connectivity index (χ3v) is 4.43. The van der Waals surface area contributed by atoms with Crippen LogP contribution < -0.4 is 5.73 Å². The predicted molar refractivity (Wildman–Crippen MR) is 78.7 cm³/mol. The molecule has 0 spiro atoms. The molecule has 0 aliphatic heterocycles. The van der Waals surface area contributed by atoms with Crippen molar-refractivity contribution in [2.45, 2.75) is 45.6 Å². The molecule has 1 saturated carbocycles. The molecule has 0 aromatic heterocycles. The Morgan fingerprint density at radius 2 is 1.63 bits per heavy atom. The molecule has 3 atom stereocenters. The molecule has 104 valence electrons. The van der Waals surface area contributed by atoms with Gasteiger partial charge in [0.15, 0.2) is 5.78 Å². The fraction of sp³-hybridized carbons (Fsp3) is 0.588. The molecular formula is C17H25NO. The third kappa shape index (κ3) is 3.06. The van der Waals surface area contributed by atoms with Crippen LogP contribution in [0.15, 0.2) is 30.3 Å². The Balaban J connectivity index is 2.18. The van der Waals surface area contributed by atoms with E-state index in [1.807, 2.05) is 37.3 Å². The first-order valence-electron chi connectivity index (χ1n) is 7.30. The van der Waals surface area contributed by atoms with Crippen LogP contribution >= 0.6 is 0 Å². The van der Waals surface area contributed by atoms with Gasteiger partial charge in [0.25, 0.3) is 0 Å². The topological polar surface area (TPSA) is 43.1 Å². The van der Waals surface area contributed by atoms with E-state index in [9.17, 15) is 4.79 Å². The van der Waals surface area contributed by atoms with Crippen molar-refractivity contribution in [2.75, 3.05) is 0 Å². The van der Waals surface area contributed by atoms with Gasteiger partial charge in [-0.3, -0.25) is 4.79 Å². The molecule has 1 aliphatic carbocycles. The maximum absolute atomic E-state index is 12.8. The van der Waals surface area contributed by atoms with E-state index in [4.69, 9.17) is 5.73 Å². The fourth-order valence-electron chi connectivity index (χ4n) is 3.51. The second kappa shape index (κ2) is 5.46. The van der Waals surface area contributed by atoms with Gasteiger partial charge in [0.2, 0.25) is 0 Å². The number of hydrogen-bond donors (Lipinski definition) is 1. The molecule has 0 bridgehead atoms. The van der Waals surface area contributed by atoms with Crippen LogP contribution in [-0.4, -0.2) is 5.78 Å². The molecule has 1 aliphatic rings. The van der Waals surface area contributed by atoms with E-state index in [-0.39, 0.29) is 11.7 Å². The van der Waals surface area contributed by atoms with Crippen molar-refractivity contribution in [3.63, 3.8) is 0 Å². The molecule has 2 heteroatoms. The molecule has 19 heavy (non-hydrogen) atoms. The minimum Gasteiger partial charge on any atom is -0.315 e. The molecule has 1 aromatic carbocycles. The minimum absolute atomic E-state index is 0.119. The van der Waals surface area contributed by atoms with Crippen molar-refractivity contribution in [3.05, 3.63) is 35.9 Å². The average molecular weight is 259 g/mol. The van der Waals surface area contributed by atoms with E-state index >= 15 is 0 Å². The van der Waals surface area contributed by atoms with Crippen molar-refractivity contribution >= 4 is 5.78 Å². The van der Waals surface area contributed by atoms with E-state index < -0.39 is 5.54 Å². The molecule has 0 saturated heterocycles. The van der Waals surface area contributed by atoms with Crippen molar-refractivity contribution in [3.8, 4) is 0 Å². The van der Waals surface area contributed by atoms with Crippen molar-refractivity contribution in [2.24, 2.45) is 23.5 Å². The number of carbonyl (C=O) groups is 1. The first kappa shape index (κ1) is 14.3. The van der Waals surface area contributed by atoms with Gasteiger partial charge in [-0.15, -0.1) is 0 Å². The molecule has 2 nitrogen and oxygen atoms in total. The number of nitrogens with two attached hydrogens (primary N) is 1. The Morgan fingerprint density at radius 3 is 2.16 bits per heavy atom. The van der Waals surface area contributed by atoms with Crippen LogP contribution in [0.1, 0.15) is 45.6 Å². The molecule has 0 amide bonds. The summed E-state index contributed by atoms with van der Waals surface area (Å²) < 4.78 is 0. The van der Waals surface area contributed by atoms with E-state index in [2.05, 4.69) is 13.8 Å². The lowest BCUT2D eigenvalue weighted by Crippen LogP contribution is -2.46. The van der Waals surface area contributed by atoms with Gasteiger partial charge in [-0.25, -0.2) is 0 Å². The van der Waals surface area contributed by atoms with Gasteiger partial charge >= 0.3 is 0 Å². The second-order valence-corrected chi connectivity index (χ2v) is 6.55. The zero-order valence-corrected chi connectivity index (χ0v) is 12.2. The number of rotatable bonds is 3. The monoisotopic (exact) mass is 259 g/mol. The summed E-state index contributed by atoms with van der Waals surface area (Å²) in [5.41, 5.74) is 6.42. The Bertz CT molecular complexity index is 428. The Morgan fingerprint density at radius 1 is 1.11 bits per heavy atom. The smallest absolute Gasteiger partial charge is 0.159 e. The van der Waals surface area contributed by atoms with Gasteiger partial charge in [0.05, 0.1) is 5.54 Å². The Kier molecular flexibility index (Phi) is 4.10. The standard InChI is InChI=1S/C17H25NO/c1-12-9-13(2)11-14(10-12)16(19)17(3,18)15-7-5-4-6-8-15/h4-8,12-14H,9-11,18H2,1-3H3. The summed E-state index contributed by atoms with van der Waals surface area (Å²) >= 11 is 0. The van der Waals surface area contributed by atoms with Gasteiger partial charge in [-0.2, -0.15) is 0 Å².